The summed E-state index contributed by atoms with van der Waals surface area (Å²) < 4.78 is 10.7. The van der Waals surface area contributed by atoms with Crippen molar-refractivity contribution in [2.75, 3.05) is 6.61 Å². The van der Waals surface area contributed by atoms with Gasteiger partial charge in [0.25, 0.3) is 0 Å². The van der Waals surface area contributed by atoms with Gasteiger partial charge in [-0.3, -0.25) is 0 Å². The van der Waals surface area contributed by atoms with Crippen LogP contribution in [0.4, 0.5) is 0 Å². The van der Waals surface area contributed by atoms with Crippen molar-refractivity contribution < 1.29 is 9.47 Å². The van der Waals surface area contributed by atoms with Crippen molar-refractivity contribution in [1.29, 1.82) is 0 Å². The van der Waals surface area contributed by atoms with Gasteiger partial charge in [-0.15, -0.1) is 0 Å². The highest BCUT2D eigenvalue weighted by molar-refractivity contribution is 4.88. The van der Waals surface area contributed by atoms with Crippen molar-refractivity contribution >= 4 is 0 Å². The van der Waals surface area contributed by atoms with E-state index in [2.05, 4.69) is 13.0 Å². The van der Waals surface area contributed by atoms with Gasteiger partial charge in [0, 0.05) is 13.0 Å². The van der Waals surface area contributed by atoms with Gasteiger partial charge in [0.1, 0.15) is 0 Å². The summed E-state index contributed by atoms with van der Waals surface area (Å²) in [4.78, 5) is 0. The summed E-state index contributed by atoms with van der Waals surface area (Å²) in [5.41, 5.74) is 0. The first-order chi connectivity index (χ1) is 6.36. The van der Waals surface area contributed by atoms with Crippen molar-refractivity contribution in [3.63, 3.8) is 0 Å². The van der Waals surface area contributed by atoms with Gasteiger partial charge in [-0.1, -0.05) is 19.8 Å². The highest BCUT2D eigenvalue weighted by atomic mass is 16.7. The molecule has 2 nitrogen and oxygen atoms in total. The van der Waals surface area contributed by atoms with E-state index in [-0.39, 0.29) is 6.29 Å². The Morgan fingerprint density at radius 1 is 1.46 bits per heavy atom. The zero-order valence-electron chi connectivity index (χ0n) is 8.66. The van der Waals surface area contributed by atoms with Crippen molar-refractivity contribution in [2.24, 2.45) is 5.92 Å². The minimum atomic E-state index is -0.00291. The van der Waals surface area contributed by atoms with E-state index in [4.69, 9.17) is 9.47 Å². The predicted octanol–water partition coefficient (Wildman–Crippen LogP) is 3.09. The van der Waals surface area contributed by atoms with E-state index < -0.39 is 0 Å². The normalized spacial score (nSPS) is 27.2. The number of ether oxygens (including phenoxy) is 2. The zero-order valence-corrected chi connectivity index (χ0v) is 8.66. The fourth-order valence-electron chi connectivity index (χ4n) is 1.60. The summed E-state index contributed by atoms with van der Waals surface area (Å²) in [5, 5.41) is 0. The summed E-state index contributed by atoms with van der Waals surface area (Å²) >= 11 is 0. The van der Waals surface area contributed by atoms with Gasteiger partial charge in [0.2, 0.25) is 0 Å². The lowest BCUT2D eigenvalue weighted by Crippen LogP contribution is -2.21. The Hall–Kier alpha value is -0.500. The first-order valence-electron chi connectivity index (χ1n) is 5.30. The van der Waals surface area contributed by atoms with E-state index in [9.17, 15) is 0 Å². The summed E-state index contributed by atoms with van der Waals surface area (Å²) in [6.45, 7) is 4.96. The van der Waals surface area contributed by atoms with Crippen molar-refractivity contribution in [2.45, 2.75) is 45.8 Å². The Bertz CT molecular complexity index is 154. The molecule has 0 aliphatic carbocycles. The molecular formula is C11H20O2. The van der Waals surface area contributed by atoms with Gasteiger partial charge >= 0.3 is 0 Å². The van der Waals surface area contributed by atoms with E-state index in [0.29, 0.717) is 5.92 Å². The zero-order chi connectivity index (χ0) is 9.52. The topological polar surface area (TPSA) is 18.5 Å². The third-order valence-electron chi connectivity index (χ3n) is 2.36. The lowest BCUT2D eigenvalue weighted by atomic mass is 9.97. The molecule has 13 heavy (non-hydrogen) atoms. The minimum Gasteiger partial charge on any atom is -0.473 e. The third-order valence-corrected chi connectivity index (χ3v) is 2.36. The molecule has 2 atom stereocenters. The Morgan fingerprint density at radius 2 is 2.31 bits per heavy atom. The van der Waals surface area contributed by atoms with E-state index in [1.54, 1.807) is 6.26 Å². The smallest absolute Gasteiger partial charge is 0.199 e. The van der Waals surface area contributed by atoms with E-state index >= 15 is 0 Å². The molecule has 0 aromatic rings. The Kier molecular flexibility index (Phi) is 4.91. The summed E-state index contributed by atoms with van der Waals surface area (Å²) in [6.07, 6.45) is 8.80. The molecule has 0 aromatic carbocycles. The Morgan fingerprint density at radius 3 is 3.00 bits per heavy atom. The fourth-order valence-corrected chi connectivity index (χ4v) is 1.60. The highest BCUT2D eigenvalue weighted by Crippen LogP contribution is 2.22. The molecular weight excluding hydrogens is 164 g/mol. The minimum absolute atomic E-state index is 0.00291. The molecule has 0 N–H and O–H groups in total. The fraction of sp³-hybridized carbons (Fsp3) is 0.818. The molecule has 76 valence electrons. The lowest BCUT2D eigenvalue weighted by molar-refractivity contribution is -0.119. The van der Waals surface area contributed by atoms with Gasteiger partial charge in [0.05, 0.1) is 6.26 Å². The Labute approximate surface area is 80.9 Å². The van der Waals surface area contributed by atoms with E-state index in [0.717, 1.165) is 13.0 Å². The monoisotopic (exact) mass is 184 g/mol. The first kappa shape index (κ1) is 10.6. The molecule has 0 spiro atoms. The van der Waals surface area contributed by atoms with Crippen LogP contribution in [0.15, 0.2) is 12.3 Å². The maximum absolute atomic E-state index is 5.42. The summed E-state index contributed by atoms with van der Waals surface area (Å²) in [7, 11) is 0. The standard InChI is InChI=1S/C11H20O2/c1-3-5-6-10-7-8-13-11(9-10)12-4-2/h7-8,10-11H,3-6,9H2,1-2H3/t10-,11+/m1/s1. The average molecular weight is 184 g/mol. The number of hydrogen-bond donors (Lipinski definition) is 0. The molecule has 0 unspecified atom stereocenters. The van der Waals surface area contributed by atoms with Crippen LogP contribution in [0.2, 0.25) is 0 Å². The molecule has 1 rings (SSSR count). The number of unbranched alkanes of at least 4 members (excludes halogenated alkanes) is 1. The Balaban J connectivity index is 2.24. The molecule has 1 aliphatic rings. The highest BCUT2D eigenvalue weighted by Gasteiger charge is 2.18. The lowest BCUT2D eigenvalue weighted by Gasteiger charge is -2.24. The molecule has 0 amide bonds. The summed E-state index contributed by atoms with van der Waals surface area (Å²) in [6, 6.07) is 0. The van der Waals surface area contributed by atoms with Crippen LogP contribution in [0, 0.1) is 5.92 Å². The predicted molar refractivity (Wildman–Crippen MR) is 53.3 cm³/mol. The van der Waals surface area contributed by atoms with Crippen LogP contribution in [-0.4, -0.2) is 12.9 Å². The first-order valence-corrected chi connectivity index (χ1v) is 5.30. The SMILES string of the molecule is CCCC[C@@H]1C=CO[C@H](OCC)C1. The largest absolute Gasteiger partial charge is 0.473 e. The quantitative estimate of drug-likeness (QED) is 0.653. The van der Waals surface area contributed by atoms with Gasteiger partial charge in [-0.2, -0.15) is 0 Å². The molecule has 0 aromatic heterocycles. The van der Waals surface area contributed by atoms with Gasteiger partial charge in [-0.25, -0.2) is 0 Å². The van der Waals surface area contributed by atoms with Crippen LogP contribution in [0.3, 0.4) is 0 Å². The van der Waals surface area contributed by atoms with Crippen LogP contribution in [0.25, 0.3) is 0 Å². The average Bonchev–Trinajstić information content (AvgIpc) is 2.16. The third kappa shape index (κ3) is 3.81. The van der Waals surface area contributed by atoms with E-state index in [1.807, 2.05) is 6.92 Å². The number of rotatable bonds is 5. The van der Waals surface area contributed by atoms with Crippen molar-refractivity contribution in [3.8, 4) is 0 Å². The molecule has 0 saturated carbocycles. The second-order valence-electron chi connectivity index (χ2n) is 3.49. The van der Waals surface area contributed by atoms with Gasteiger partial charge in [-0.05, 0) is 25.3 Å². The molecule has 0 fully saturated rings. The van der Waals surface area contributed by atoms with Crippen LogP contribution < -0.4 is 0 Å². The maximum Gasteiger partial charge on any atom is 0.199 e. The van der Waals surface area contributed by atoms with E-state index in [1.165, 1.54) is 19.3 Å². The molecule has 1 aliphatic heterocycles. The second kappa shape index (κ2) is 6.03. The summed E-state index contributed by atoms with van der Waals surface area (Å²) in [5.74, 6) is 0.658. The van der Waals surface area contributed by atoms with Crippen molar-refractivity contribution in [1.82, 2.24) is 0 Å². The number of hydrogen-bond acceptors (Lipinski definition) is 2. The maximum atomic E-state index is 5.42. The van der Waals surface area contributed by atoms with Crippen LogP contribution >= 0.6 is 0 Å². The number of allylic oxidation sites excluding steroid dienone is 1. The van der Waals surface area contributed by atoms with Gasteiger partial charge in [0.15, 0.2) is 6.29 Å². The molecule has 0 saturated heterocycles. The molecule has 0 radical (unpaired) electrons. The second-order valence-corrected chi connectivity index (χ2v) is 3.49. The molecule has 1 heterocycles. The van der Waals surface area contributed by atoms with Crippen LogP contribution in [-0.2, 0) is 9.47 Å². The van der Waals surface area contributed by atoms with Crippen molar-refractivity contribution in [3.05, 3.63) is 12.3 Å². The molecule has 0 bridgehead atoms. The molecule has 2 heteroatoms. The van der Waals surface area contributed by atoms with Gasteiger partial charge < -0.3 is 9.47 Å². The van der Waals surface area contributed by atoms with Crippen LogP contribution in [0.5, 0.6) is 0 Å². The van der Waals surface area contributed by atoms with Crippen LogP contribution in [0.1, 0.15) is 39.5 Å².